The van der Waals surface area contributed by atoms with Crippen molar-refractivity contribution in [1.82, 2.24) is 4.98 Å². The lowest BCUT2D eigenvalue weighted by Crippen LogP contribution is -2.10. The van der Waals surface area contributed by atoms with E-state index in [0.29, 0.717) is 11.1 Å². The van der Waals surface area contributed by atoms with E-state index in [1.54, 1.807) is 12.1 Å². The van der Waals surface area contributed by atoms with Gasteiger partial charge in [0.1, 0.15) is 11.8 Å². The molecule has 138 valence electrons. The standard InChI is InChI=1S/C20H17ClN2O4/c1-12-7-8-15-9-16(20(21)22-19(15)13(12)2)11-27-18(24)10-14-5-3-4-6-17(14)23(25)26/h3-9H,10-11H2,1-2H3. The minimum Gasteiger partial charge on any atom is -0.460 e. The SMILES string of the molecule is Cc1ccc2cc(COC(=O)Cc3ccccc3[N+](=O)[O-])c(Cl)nc2c1C. The van der Waals surface area contributed by atoms with Crippen molar-refractivity contribution >= 4 is 34.2 Å². The minimum absolute atomic E-state index is 0.0475. The van der Waals surface area contributed by atoms with Crippen LogP contribution in [0.25, 0.3) is 10.9 Å². The zero-order valence-electron chi connectivity index (χ0n) is 14.9. The molecule has 2 aromatic carbocycles. The molecule has 1 heterocycles. The Hall–Kier alpha value is -2.99. The molecule has 0 saturated heterocycles. The van der Waals surface area contributed by atoms with Crippen molar-refractivity contribution in [1.29, 1.82) is 0 Å². The average Bonchev–Trinajstić information content (AvgIpc) is 2.64. The molecule has 0 aliphatic rings. The molecule has 6 nitrogen and oxygen atoms in total. The first kappa shape index (κ1) is 18.8. The molecule has 1 aromatic heterocycles. The van der Waals surface area contributed by atoms with Crippen molar-refractivity contribution in [3.63, 3.8) is 0 Å². The van der Waals surface area contributed by atoms with Crippen molar-refractivity contribution in [3.8, 4) is 0 Å². The van der Waals surface area contributed by atoms with Crippen LogP contribution in [0.15, 0.2) is 42.5 Å². The summed E-state index contributed by atoms with van der Waals surface area (Å²) in [4.78, 5) is 27.1. The molecule has 0 atom stereocenters. The topological polar surface area (TPSA) is 82.3 Å². The molecule has 0 aliphatic carbocycles. The van der Waals surface area contributed by atoms with Gasteiger partial charge >= 0.3 is 5.97 Å². The van der Waals surface area contributed by atoms with Crippen LogP contribution in [0.5, 0.6) is 0 Å². The third-order valence-corrected chi connectivity index (χ3v) is 4.78. The Bertz CT molecular complexity index is 1050. The zero-order chi connectivity index (χ0) is 19.6. The number of pyridine rings is 1. The van der Waals surface area contributed by atoms with Gasteiger partial charge in [0.25, 0.3) is 5.69 Å². The normalized spacial score (nSPS) is 10.8. The number of hydrogen-bond donors (Lipinski definition) is 0. The maximum Gasteiger partial charge on any atom is 0.310 e. The number of nitro groups is 1. The number of rotatable bonds is 5. The number of benzene rings is 2. The molecule has 0 radical (unpaired) electrons. The molecule has 0 bridgehead atoms. The van der Waals surface area contributed by atoms with Crippen LogP contribution in [0.3, 0.4) is 0 Å². The van der Waals surface area contributed by atoms with Gasteiger partial charge < -0.3 is 4.74 Å². The van der Waals surface area contributed by atoms with E-state index in [1.807, 2.05) is 32.0 Å². The van der Waals surface area contributed by atoms with E-state index in [2.05, 4.69) is 4.98 Å². The Morgan fingerprint density at radius 2 is 1.93 bits per heavy atom. The van der Waals surface area contributed by atoms with Crippen LogP contribution in [0.1, 0.15) is 22.3 Å². The van der Waals surface area contributed by atoms with Crippen molar-refractivity contribution in [2.24, 2.45) is 0 Å². The van der Waals surface area contributed by atoms with Gasteiger partial charge in [-0.15, -0.1) is 0 Å². The molecule has 0 fully saturated rings. The van der Waals surface area contributed by atoms with E-state index >= 15 is 0 Å². The lowest BCUT2D eigenvalue weighted by molar-refractivity contribution is -0.385. The molecule has 0 saturated carbocycles. The number of nitrogens with zero attached hydrogens (tertiary/aromatic N) is 2. The summed E-state index contributed by atoms with van der Waals surface area (Å²) in [7, 11) is 0. The molecule has 0 spiro atoms. The Morgan fingerprint density at radius 1 is 1.19 bits per heavy atom. The minimum atomic E-state index is -0.569. The molecule has 7 heteroatoms. The fraction of sp³-hybridized carbons (Fsp3) is 0.200. The predicted molar refractivity (Wildman–Crippen MR) is 103 cm³/mol. The molecule has 3 rings (SSSR count). The molecule has 0 aliphatic heterocycles. The first-order chi connectivity index (χ1) is 12.9. The third-order valence-electron chi connectivity index (χ3n) is 4.45. The predicted octanol–water partition coefficient (Wildman–Crippen LogP) is 4.70. The molecule has 0 amide bonds. The molecular weight excluding hydrogens is 368 g/mol. The van der Waals surface area contributed by atoms with Crippen LogP contribution in [-0.2, 0) is 22.6 Å². The Morgan fingerprint density at radius 3 is 2.67 bits per heavy atom. The molecule has 27 heavy (non-hydrogen) atoms. The quantitative estimate of drug-likeness (QED) is 0.275. The van der Waals surface area contributed by atoms with Gasteiger partial charge in [0.15, 0.2) is 0 Å². The first-order valence-corrected chi connectivity index (χ1v) is 8.68. The number of para-hydroxylation sites is 1. The van der Waals surface area contributed by atoms with E-state index < -0.39 is 10.9 Å². The summed E-state index contributed by atoms with van der Waals surface area (Å²) in [6.07, 6.45) is -0.186. The largest absolute Gasteiger partial charge is 0.460 e. The highest BCUT2D eigenvalue weighted by atomic mass is 35.5. The number of aromatic nitrogens is 1. The number of fused-ring (bicyclic) bond motifs is 1. The maximum atomic E-state index is 12.1. The Labute approximate surface area is 160 Å². The third kappa shape index (κ3) is 4.06. The van der Waals surface area contributed by atoms with E-state index in [0.717, 1.165) is 22.0 Å². The second kappa shape index (κ2) is 7.72. The van der Waals surface area contributed by atoms with E-state index in [4.69, 9.17) is 16.3 Å². The van der Waals surface area contributed by atoms with Gasteiger partial charge in [0.2, 0.25) is 0 Å². The van der Waals surface area contributed by atoms with Gasteiger partial charge in [-0.2, -0.15) is 0 Å². The highest BCUT2D eigenvalue weighted by molar-refractivity contribution is 6.30. The average molecular weight is 385 g/mol. The van der Waals surface area contributed by atoms with Gasteiger partial charge in [-0.3, -0.25) is 14.9 Å². The van der Waals surface area contributed by atoms with Crippen LogP contribution in [0.4, 0.5) is 5.69 Å². The maximum absolute atomic E-state index is 12.1. The molecular formula is C20H17ClN2O4. The number of aryl methyl sites for hydroxylation is 2. The molecule has 3 aromatic rings. The van der Waals surface area contributed by atoms with Gasteiger partial charge in [-0.05, 0) is 31.0 Å². The number of carbonyl (C=O) groups is 1. The first-order valence-electron chi connectivity index (χ1n) is 8.30. The van der Waals surface area contributed by atoms with Gasteiger partial charge in [0, 0.05) is 22.6 Å². The molecule has 0 unspecified atom stereocenters. The fourth-order valence-corrected chi connectivity index (χ4v) is 3.00. The fourth-order valence-electron chi connectivity index (χ4n) is 2.81. The van der Waals surface area contributed by atoms with Crippen molar-refractivity contribution in [2.75, 3.05) is 0 Å². The summed E-state index contributed by atoms with van der Waals surface area (Å²) < 4.78 is 5.26. The number of hydrogen-bond acceptors (Lipinski definition) is 5. The summed E-state index contributed by atoms with van der Waals surface area (Å²) in [6, 6.07) is 11.9. The smallest absolute Gasteiger partial charge is 0.310 e. The number of nitro benzene ring substituents is 1. The second-order valence-corrected chi connectivity index (χ2v) is 6.60. The lowest BCUT2D eigenvalue weighted by Gasteiger charge is -2.10. The number of ether oxygens (including phenoxy) is 1. The molecule has 0 N–H and O–H groups in total. The monoisotopic (exact) mass is 384 g/mol. The lowest BCUT2D eigenvalue weighted by atomic mass is 10.0. The van der Waals surface area contributed by atoms with Crippen molar-refractivity contribution in [2.45, 2.75) is 26.9 Å². The van der Waals surface area contributed by atoms with Crippen molar-refractivity contribution in [3.05, 3.63) is 80.0 Å². The highest BCUT2D eigenvalue weighted by Gasteiger charge is 2.17. The number of carbonyl (C=O) groups excluding carboxylic acids is 1. The number of halogens is 1. The van der Waals surface area contributed by atoms with Crippen molar-refractivity contribution < 1.29 is 14.5 Å². The Balaban J connectivity index is 1.75. The van der Waals surface area contributed by atoms with Gasteiger partial charge in [0.05, 0.1) is 16.9 Å². The van der Waals surface area contributed by atoms with Gasteiger partial charge in [-0.1, -0.05) is 41.9 Å². The summed E-state index contributed by atoms with van der Waals surface area (Å²) in [6.45, 7) is 3.93. The van der Waals surface area contributed by atoms with Crippen LogP contribution in [0, 0.1) is 24.0 Å². The van der Waals surface area contributed by atoms with E-state index in [1.165, 1.54) is 12.1 Å². The van der Waals surface area contributed by atoms with Crippen LogP contribution in [0.2, 0.25) is 5.15 Å². The zero-order valence-corrected chi connectivity index (χ0v) is 15.6. The van der Waals surface area contributed by atoms with Crippen LogP contribution in [-0.4, -0.2) is 15.9 Å². The summed E-state index contributed by atoms with van der Waals surface area (Å²) >= 11 is 6.25. The van der Waals surface area contributed by atoms with E-state index in [-0.39, 0.29) is 23.9 Å². The summed E-state index contributed by atoms with van der Waals surface area (Å²) in [5, 5.41) is 12.2. The Kier molecular flexibility index (Phi) is 5.37. The summed E-state index contributed by atoms with van der Waals surface area (Å²) in [5.74, 6) is -0.569. The van der Waals surface area contributed by atoms with Crippen LogP contribution < -0.4 is 0 Å². The highest BCUT2D eigenvalue weighted by Crippen LogP contribution is 2.25. The van der Waals surface area contributed by atoms with E-state index in [9.17, 15) is 14.9 Å². The number of esters is 1. The van der Waals surface area contributed by atoms with Crippen LogP contribution >= 0.6 is 11.6 Å². The second-order valence-electron chi connectivity index (χ2n) is 6.24. The summed E-state index contributed by atoms with van der Waals surface area (Å²) in [5.41, 5.74) is 3.77. The van der Waals surface area contributed by atoms with Gasteiger partial charge in [-0.25, -0.2) is 4.98 Å².